The minimum absolute atomic E-state index is 0.414. The van der Waals surface area contributed by atoms with Crippen LogP contribution in [0.2, 0.25) is 5.02 Å². The summed E-state index contributed by atoms with van der Waals surface area (Å²) in [5.74, 6) is 0.869. The Balaban J connectivity index is 2.17. The van der Waals surface area contributed by atoms with Crippen LogP contribution in [0.25, 0.3) is 0 Å². The van der Waals surface area contributed by atoms with E-state index in [4.69, 9.17) is 16.3 Å². The zero-order chi connectivity index (χ0) is 15.2. The zero-order valence-electron chi connectivity index (χ0n) is 12.9. The maximum Gasteiger partial charge on any atom is 0.123 e. The predicted molar refractivity (Wildman–Crippen MR) is 88.2 cm³/mol. The van der Waals surface area contributed by atoms with Crippen molar-refractivity contribution in [3.05, 3.63) is 52.8 Å². The van der Waals surface area contributed by atoms with E-state index in [9.17, 15) is 0 Å². The van der Waals surface area contributed by atoms with Gasteiger partial charge in [-0.2, -0.15) is 0 Å². The van der Waals surface area contributed by atoms with E-state index in [1.807, 2.05) is 18.2 Å². The monoisotopic (exact) mass is 306 g/mol. The summed E-state index contributed by atoms with van der Waals surface area (Å²) >= 11 is 6.08. The Morgan fingerprint density at radius 2 is 2.10 bits per heavy atom. The van der Waals surface area contributed by atoms with Crippen LogP contribution in [0.5, 0.6) is 5.75 Å². The molecule has 0 fully saturated rings. The van der Waals surface area contributed by atoms with Crippen molar-refractivity contribution in [1.29, 1.82) is 0 Å². The molecule has 1 aromatic carbocycles. The van der Waals surface area contributed by atoms with Crippen LogP contribution >= 0.6 is 11.6 Å². The Labute approximate surface area is 131 Å². The molecule has 0 bridgehead atoms. The second-order valence-electron chi connectivity index (χ2n) is 5.09. The zero-order valence-corrected chi connectivity index (χ0v) is 13.7. The summed E-state index contributed by atoms with van der Waals surface area (Å²) in [6, 6.07) is 8.31. The second kappa shape index (κ2) is 7.53. The highest BCUT2D eigenvalue weighted by atomic mass is 35.5. The Kier molecular flexibility index (Phi) is 5.71. The Morgan fingerprint density at radius 1 is 1.29 bits per heavy atom. The van der Waals surface area contributed by atoms with Crippen molar-refractivity contribution < 1.29 is 4.74 Å². The highest BCUT2D eigenvalue weighted by molar-refractivity contribution is 6.30. The lowest BCUT2D eigenvalue weighted by Crippen LogP contribution is -2.19. The minimum Gasteiger partial charge on any atom is -0.496 e. The topological polar surface area (TPSA) is 26.2 Å². The summed E-state index contributed by atoms with van der Waals surface area (Å²) < 4.78 is 7.57. The van der Waals surface area contributed by atoms with Crippen molar-refractivity contribution in [3.63, 3.8) is 0 Å². The van der Waals surface area contributed by atoms with Crippen molar-refractivity contribution in [2.24, 2.45) is 0 Å². The van der Waals surface area contributed by atoms with Gasteiger partial charge >= 0.3 is 0 Å². The molecular weight excluding hydrogens is 284 g/mol. The summed E-state index contributed by atoms with van der Waals surface area (Å²) in [6.45, 7) is 6.07. The summed E-state index contributed by atoms with van der Waals surface area (Å²) in [6.07, 6.45) is 5.38. The Morgan fingerprint density at radius 3 is 2.76 bits per heavy atom. The number of nitrogens with zero attached hydrogens (tertiary/aromatic N) is 1. The maximum atomic E-state index is 6.08. The van der Waals surface area contributed by atoms with Gasteiger partial charge in [0.2, 0.25) is 0 Å². The van der Waals surface area contributed by atoms with Crippen LogP contribution in [0.4, 0.5) is 0 Å². The van der Waals surface area contributed by atoms with Gasteiger partial charge in [0.25, 0.3) is 0 Å². The largest absolute Gasteiger partial charge is 0.496 e. The average Bonchev–Trinajstić information content (AvgIpc) is 2.93. The molecule has 0 radical (unpaired) electrons. The highest BCUT2D eigenvalue weighted by Gasteiger charge is 2.10. The fourth-order valence-corrected chi connectivity index (χ4v) is 2.77. The molecule has 0 saturated carbocycles. The first-order valence-corrected chi connectivity index (χ1v) is 7.77. The normalized spacial score (nSPS) is 12.4. The van der Waals surface area contributed by atoms with E-state index in [1.165, 1.54) is 5.56 Å². The van der Waals surface area contributed by atoms with Gasteiger partial charge in [-0.1, -0.05) is 25.4 Å². The third-order valence-electron chi connectivity index (χ3n) is 3.63. The quantitative estimate of drug-likeness (QED) is 0.827. The number of methoxy groups -OCH3 is 1. The van der Waals surface area contributed by atoms with Gasteiger partial charge in [-0.15, -0.1) is 0 Å². The average molecular weight is 307 g/mol. The van der Waals surface area contributed by atoms with Crippen LogP contribution in [0.1, 0.15) is 37.4 Å². The molecule has 1 N–H and O–H groups in total. The molecule has 0 spiro atoms. The predicted octanol–water partition coefficient (Wildman–Crippen LogP) is 4.26. The molecule has 2 rings (SSSR count). The van der Waals surface area contributed by atoms with Crippen molar-refractivity contribution in [2.75, 3.05) is 13.7 Å². The number of nitrogens with one attached hydrogen (secondary N) is 1. The molecule has 1 heterocycles. The molecule has 0 aliphatic heterocycles. The summed E-state index contributed by atoms with van der Waals surface area (Å²) in [7, 11) is 1.69. The molecule has 0 saturated heterocycles. The van der Waals surface area contributed by atoms with Crippen LogP contribution in [0.3, 0.4) is 0 Å². The number of hydrogen-bond acceptors (Lipinski definition) is 2. The Hall–Kier alpha value is -1.45. The van der Waals surface area contributed by atoms with Crippen molar-refractivity contribution >= 4 is 11.6 Å². The van der Waals surface area contributed by atoms with Gasteiger partial charge in [-0.3, -0.25) is 0 Å². The number of benzene rings is 1. The first kappa shape index (κ1) is 15.9. The van der Waals surface area contributed by atoms with Crippen molar-refractivity contribution in [1.82, 2.24) is 9.88 Å². The number of hydrogen-bond donors (Lipinski definition) is 1. The van der Waals surface area contributed by atoms with E-state index < -0.39 is 0 Å². The first-order chi connectivity index (χ1) is 10.2. The van der Waals surface area contributed by atoms with Crippen LogP contribution in [-0.4, -0.2) is 18.2 Å². The molecular formula is C17H23ClN2O. The molecule has 114 valence electrons. The van der Waals surface area contributed by atoms with E-state index >= 15 is 0 Å². The van der Waals surface area contributed by atoms with Crippen molar-refractivity contribution in [2.45, 2.75) is 32.9 Å². The fourth-order valence-electron chi connectivity index (χ4n) is 2.58. The third kappa shape index (κ3) is 4.02. The van der Waals surface area contributed by atoms with E-state index in [0.29, 0.717) is 6.04 Å². The number of aromatic nitrogens is 1. The molecule has 1 unspecified atom stereocenters. The second-order valence-corrected chi connectivity index (χ2v) is 5.53. The summed E-state index contributed by atoms with van der Waals surface area (Å²) in [5, 5.41) is 4.23. The molecule has 0 amide bonds. The smallest absolute Gasteiger partial charge is 0.123 e. The van der Waals surface area contributed by atoms with Gasteiger partial charge < -0.3 is 14.6 Å². The molecule has 1 aromatic heterocycles. The standard InChI is InChI=1S/C17H23ClN2O/c1-4-16(19-5-2)13-8-9-20(11-13)12-14-10-15(18)6-7-17(14)21-3/h6-11,16,19H,4-5,12H2,1-3H3. The highest BCUT2D eigenvalue weighted by Crippen LogP contribution is 2.24. The van der Waals surface area contributed by atoms with Crippen molar-refractivity contribution in [3.8, 4) is 5.75 Å². The molecule has 0 aliphatic carbocycles. The molecule has 1 atom stereocenters. The van der Waals surface area contributed by atoms with Crippen LogP contribution in [0, 0.1) is 0 Å². The number of ether oxygens (including phenoxy) is 1. The minimum atomic E-state index is 0.414. The summed E-state index contributed by atoms with van der Waals surface area (Å²) in [4.78, 5) is 0. The van der Waals surface area contributed by atoms with E-state index in [1.54, 1.807) is 7.11 Å². The van der Waals surface area contributed by atoms with Gasteiger partial charge in [-0.05, 0) is 42.8 Å². The van der Waals surface area contributed by atoms with E-state index in [-0.39, 0.29) is 0 Å². The van der Waals surface area contributed by atoms with Crippen LogP contribution in [0.15, 0.2) is 36.7 Å². The molecule has 21 heavy (non-hydrogen) atoms. The van der Waals surface area contributed by atoms with E-state index in [2.05, 4.69) is 42.2 Å². The third-order valence-corrected chi connectivity index (χ3v) is 3.86. The molecule has 4 heteroatoms. The summed E-state index contributed by atoms with van der Waals surface area (Å²) in [5.41, 5.74) is 2.41. The van der Waals surface area contributed by atoms with Gasteiger partial charge in [0.05, 0.1) is 13.7 Å². The van der Waals surface area contributed by atoms with Gasteiger partial charge in [0.15, 0.2) is 0 Å². The number of rotatable bonds is 7. The van der Waals surface area contributed by atoms with E-state index in [0.717, 1.165) is 35.8 Å². The SMILES string of the molecule is CCNC(CC)c1ccn(Cc2cc(Cl)ccc2OC)c1. The van der Waals surface area contributed by atoms with Gasteiger partial charge in [-0.25, -0.2) is 0 Å². The lowest BCUT2D eigenvalue weighted by Gasteiger charge is -2.14. The molecule has 3 nitrogen and oxygen atoms in total. The van der Waals surface area contributed by atoms with Crippen LogP contribution < -0.4 is 10.1 Å². The fraction of sp³-hybridized carbons (Fsp3) is 0.412. The Bertz CT molecular complexity index is 580. The lowest BCUT2D eigenvalue weighted by atomic mass is 10.1. The molecule has 2 aromatic rings. The van der Waals surface area contributed by atoms with Gasteiger partial charge in [0.1, 0.15) is 5.75 Å². The lowest BCUT2D eigenvalue weighted by molar-refractivity contribution is 0.408. The van der Waals surface area contributed by atoms with Crippen LogP contribution in [-0.2, 0) is 6.54 Å². The first-order valence-electron chi connectivity index (χ1n) is 7.39. The van der Waals surface area contributed by atoms with Gasteiger partial charge in [0, 0.05) is 29.0 Å². The molecule has 0 aliphatic rings. The number of halogens is 1. The maximum absolute atomic E-state index is 6.08.